The molecule has 0 aliphatic carbocycles. The summed E-state index contributed by atoms with van der Waals surface area (Å²) in [4.78, 5) is 19.0. The minimum atomic E-state index is 0.00286. The quantitative estimate of drug-likeness (QED) is 0.605. The van der Waals surface area contributed by atoms with Crippen molar-refractivity contribution in [3.63, 3.8) is 0 Å². The fraction of sp³-hybridized carbons (Fsp3) is 0.478. The van der Waals surface area contributed by atoms with Crippen LogP contribution in [-0.4, -0.2) is 69.1 Å². The zero-order chi connectivity index (χ0) is 22.7. The van der Waals surface area contributed by atoms with Crippen molar-refractivity contribution in [3.05, 3.63) is 42.0 Å². The van der Waals surface area contributed by atoms with E-state index in [1.165, 1.54) is 0 Å². The number of hydrogen-bond donors (Lipinski definition) is 1. The Bertz CT molecular complexity index is 1050. The molecule has 3 aromatic rings. The molecule has 1 aliphatic heterocycles. The number of nitrogens with one attached hydrogen (secondary N) is 1. The summed E-state index contributed by atoms with van der Waals surface area (Å²) in [5, 5.41) is 11.6. The van der Waals surface area contributed by atoms with Gasteiger partial charge in [-0.25, -0.2) is 0 Å². The van der Waals surface area contributed by atoms with Crippen LogP contribution in [0, 0.1) is 13.8 Å². The van der Waals surface area contributed by atoms with Gasteiger partial charge >= 0.3 is 0 Å². The standard InChI is InChI=1S/C23H30N6O3/c1-15-5-6-19(10-25-15)23-20(21-9-16(2)27-32-21)11-26-29(23)8-7-24-22(30)14-28-12-17(3)31-18(4)13-28/h5-6,9-11,17-18H,7-8,12-14H2,1-4H3,(H,24,30). The molecule has 4 rings (SSSR count). The fourth-order valence-electron chi connectivity index (χ4n) is 4.11. The van der Waals surface area contributed by atoms with Crippen molar-refractivity contribution in [1.29, 1.82) is 0 Å². The van der Waals surface area contributed by atoms with Gasteiger partial charge < -0.3 is 14.6 Å². The van der Waals surface area contributed by atoms with Crippen LogP contribution in [-0.2, 0) is 16.1 Å². The van der Waals surface area contributed by atoms with Crippen LogP contribution in [0.5, 0.6) is 0 Å². The molecule has 2 atom stereocenters. The van der Waals surface area contributed by atoms with Gasteiger partial charge in [-0.2, -0.15) is 5.10 Å². The van der Waals surface area contributed by atoms with Crippen LogP contribution < -0.4 is 5.32 Å². The predicted molar refractivity (Wildman–Crippen MR) is 120 cm³/mol. The molecular weight excluding hydrogens is 408 g/mol. The van der Waals surface area contributed by atoms with E-state index in [1.807, 2.05) is 56.8 Å². The molecule has 1 aliphatic rings. The zero-order valence-corrected chi connectivity index (χ0v) is 19.0. The third kappa shape index (κ3) is 5.23. The van der Waals surface area contributed by atoms with E-state index in [0.717, 1.165) is 41.3 Å². The fourth-order valence-corrected chi connectivity index (χ4v) is 4.11. The van der Waals surface area contributed by atoms with Crippen molar-refractivity contribution in [2.45, 2.75) is 46.4 Å². The van der Waals surface area contributed by atoms with Gasteiger partial charge in [0.15, 0.2) is 5.76 Å². The molecular formula is C23H30N6O3. The summed E-state index contributed by atoms with van der Waals surface area (Å²) in [6, 6.07) is 5.87. The Kier molecular flexibility index (Phi) is 6.66. The van der Waals surface area contributed by atoms with Gasteiger partial charge in [-0.3, -0.25) is 19.4 Å². The highest BCUT2D eigenvalue weighted by Gasteiger charge is 2.24. The first-order valence-corrected chi connectivity index (χ1v) is 11.0. The van der Waals surface area contributed by atoms with E-state index in [0.29, 0.717) is 25.4 Å². The number of morpholine rings is 1. The number of aryl methyl sites for hydroxylation is 2. The molecule has 1 fully saturated rings. The maximum absolute atomic E-state index is 12.5. The van der Waals surface area contributed by atoms with Crippen LogP contribution in [0.2, 0.25) is 0 Å². The number of hydrogen-bond acceptors (Lipinski definition) is 7. The summed E-state index contributed by atoms with van der Waals surface area (Å²) in [7, 11) is 0. The van der Waals surface area contributed by atoms with Gasteiger partial charge in [0.2, 0.25) is 5.91 Å². The number of ether oxygens (including phenoxy) is 1. The second-order valence-corrected chi connectivity index (χ2v) is 8.45. The smallest absolute Gasteiger partial charge is 0.234 e. The van der Waals surface area contributed by atoms with Crippen molar-refractivity contribution < 1.29 is 14.1 Å². The molecule has 0 bridgehead atoms. The highest BCUT2D eigenvalue weighted by atomic mass is 16.5. The highest BCUT2D eigenvalue weighted by Crippen LogP contribution is 2.32. The van der Waals surface area contributed by atoms with Gasteiger partial charge in [-0.05, 0) is 39.8 Å². The average molecular weight is 439 g/mol. The molecule has 170 valence electrons. The Balaban J connectivity index is 1.45. The van der Waals surface area contributed by atoms with Crippen molar-refractivity contribution in [3.8, 4) is 22.6 Å². The third-order valence-corrected chi connectivity index (χ3v) is 5.43. The predicted octanol–water partition coefficient (Wildman–Crippen LogP) is 2.44. The molecule has 9 heteroatoms. The maximum atomic E-state index is 12.5. The number of aromatic nitrogens is 4. The Hall–Kier alpha value is -3.04. The SMILES string of the molecule is Cc1ccc(-c2c(-c3cc(C)no3)cnn2CCNC(=O)CN2CC(C)OC(C)C2)cn1. The molecule has 0 radical (unpaired) electrons. The number of carbonyl (C=O) groups excluding carboxylic acids is 1. The molecule has 4 heterocycles. The number of rotatable bonds is 7. The van der Waals surface area contributed by atoms with E-state index in [-0.39, 0.29) is 18.1 Å². The number of amides is 1. The van der Waals surface area contributed by atoms with Gasteiger partial charge in [0.25, 0.3) is 0 Å². The molecule has 0 saturated carbocycles. The second-order valence-electron chi connectivity index (χ2n) is 8.45. The monoisotopic (exact) mass is 438 g/mol. The maximum Gasteiger partial charge on any atom is 0.234 e. The summed E-state index contributed by atoms with van der Waals surface area (Å²) in [6.45, 7) is 10.8. The van der Waals surface area contributed by atoms with E-state index in [9.17, 15) is 4.79 Å². The van der Waals surface area contributed by atoms with E-state index < -0.39 is 0 Å². The van der Waals surface area contributed by atoms with Crippen molar-refractivity contribution in [2.75, 3.05) is 26.2 Å². The second kappa shape index (κ2) is 9.62. The molecule has 1 N–H and O–H groups in total. The lowest BCUT2D eigenvalue weighted by molar-refractivity contribution is -0.126. The lowest BCUT2D eigenvalue weighted by atomic mass is 10.1. The van der Waals surface area contributed by atoms with Crippen LogP contribution in [0.3, 0.4) is 0 Å². The van der Waals surface area contributed by atoms with Crippen molar-refractivity contribution in [1.82, 2.24) is 30.1 Å². The Morgan fingerprint density at radius 1 is 1.16 bits per heavy atom. The lowest BCUT2D eigenvalue weighted by Crippen LogP contribution is -2.49. The van der Waals surface area contributed by atoms with Gasteiger partial charge in [0.1, 0.15) is 0 Å². The highest BCUT2D eigenvalue weighted by molar-refractivity contribution is 5.79. The summed E-state index contributed by atoms with van der Waals surface area (Å²) < 4.78 is 13.1. The summed E-state index contributed by atoms with van der Waals surface area (Å²) in [5.74, 6) is 0.659. The Morgan fingerprint density at radius 3 is 2.59 bits per heavy atom. The molecule has 0 aromatic carbocycles. The summed E-state index contributed by atoms with van der Waals surface area (Å²) in [6.07, 6.45) is 3.88. The van der Waals surface area contributed by atoms with E-state index in [2.05, 4.69) is 25.5 Å². The van der Waals surface area contributed by atoms with Crippen LogP contribution in [0.4, 0.5) is 0 Å². The van der Waals surface area contributed by atoms with Crippen molar-refractivity contribution >= 4 is 5.91 Å². The van der Waals surface area contributed by atoms with Crippen molar-refractivity contribution in [2.24, 2.45) is 0 Å². The first kappa shape index (κ1) is 22.2. The largest absolute Gasteiger partial charge is 0.373 e. The molecule has 3 aromatic heterocycles. The van der Waals surface area contributed by atoms with Crippen LogP contribution in [0.25, 0.3) is 22.6 Å². The minimum Gasteiger partial charge on any atom is -0.373 e. The number of carbonyl (C=O) groups is 1. The van der Waals surface area contributed by atoms with E-state index in [4.69, 9.17) is 9.26 Å². The molecule has 1 amide bonds. The van der Waals surface area contributed by atoms with Crippen LogP contribution in [0.15, 0.2) is 35.1 Å². The van der Waals surface area contributed by atoms with E-state index in [1.54, 1.807) is 6.20 Å². The number of nitrogens with zero attached hydrogens (tertiary/aromatic N) is 5. The summed E-state index contributed by atoms with van der Waals surface area (Å²) >= 11 is 0. The first-order chi connectivity index (χ1) is 15.4. The first-order valence-electron chi connectivity index (χ1n) is 11.0. The molecule has 9 nitrogen and oxygen atoms in total. The minimum absolute atomic E-state index is 0.00286. The normalized spacial score (nSPS) is 19.2. The Labute approximate surface area is 187 Å². The van der Waals surface area contributed by atoms with Crippen LogP contribution >= 0.6 is 0 Å². The molecule has 32 heavy (non-hydrogen) atoms. The average Bonchev–Trinajstić information content (AvgIpc) is 3.34. The zero-order valence-electron chi connectivity index (χ0n) is 19.0. The van der Waals surface area contributed by atoms with Gasteiger partial charge in [0.05, 0.1) is 48.4 Å². The molecule has 1 saturated heterocycles. The third-order valence-electron chi connectivity index (χ3n) is 5.43. The lowest BCUT2D eigenvalue weighted by Gasteiger charge is -2.34. The van der Waals surface area contributed by atoms with Gasteiger partial charge in [0, 0.05) is 43.2 Å². The topological polar surface area (TPSA) is 98.3 Å². The summed E-state index contributed by atoms with van der Waals surface area (Å²) in [5.41, 5.74) is 4.41. The molecule has 2 unspecified atom stereocenters. The number of pyridine rings is 1. The van der Waals surface area contributed by atoms with E-state index >= 15 is 0 Å². The van der Waals surface area contributed by atoms with Gasteiger partial charge in [-0.1, -0.05) is 5.16 Å². The molecule has 0 spiro atoms. The van der Waals surface area contributed by atoms with Crippen LogP contribution in [0.1, 0.15) is 25.2 Å². The van der Waals surface area contributed by atoms with Gasteiger partial charge in [-0.15, -0.1) is 0 Å². The Morgan fingerprint density at radius 2 is 1.94 bits per heavy atom.